The van der Waals surface area contributed by atoms with Crippen molar-refractivity contribution in [2.75, 3.05) is 0 Å². The topological polar surface area (TPSA) is 0 Å². The van der Waals surface area contributed by atoms with E-state index in [9.17, 15) is 0 Å². The molecule has 0 aliphatic heterocycles. The molecule has 0 amide bonds. The van der Waals surface area contributed by atoms with Crippen LogP contribution < -0.4 is 0 Å². The zero-order valence-corrected chi connectivity index (χ0v) is 42.4. The van der Waals surface area contributed by atoms with E-state index in [1.807, 2.05) is 6.07 Å². The van der Waals surface area contributed by atoms with E-state index in [1.54, 1.807) is 0 Å². The third-order valence-electron chi connectivity index (χ3n) is 12.7. The highest BCUT2D eigenvalue weighted by molar-refractivity contribution is 7.90. The number of unbranched alkanes of at least 4 members (excludes halogenated alkanes) is 1. The van der Waals surface area contributed by atoms with Crippen molar-refractivity contribution in [3.8, 4) is 22.3 Å². The first kappa shape index (κ1) is 50.7. The van der Waals surface area contributed by atoms with Gasteiger partial charge < -0.3 is 0 Å². The summed E-state index contributed by atoms with van der Waals surface area (Å²) >= 11 is 4.48. The molecule has 7 aromatic rings. The Balaban J connectivity index is 0.000000189. The number of fused-ring (bicyclic) bond motifs is 1. The Kier molecular flexibility index (Phi) is 19.0. The first-order chi connectivity index (χ1) is 33.2. The second kappa shape index (κ2) is 25.5. The molecule has 0 heterocycles. The molecule has 1 atom stereocenters. The lowest BCUT2D eigenvalue weighted by molar-refractivity contribution is 0.748. The van der Waals surface area contributed by atoms with E-state index in [2.05, 4.69) is 280 Å². The van der Waals surface area contributed by atoms with Crippen LogP contribution >= 0.6 is 12.6 Å². The van der Waals surface area contributed by atoms with Gasteiger partial charge in [0.2, 0.25) is 0 Å². The summed E-state index contributed by atoms with van der Waals surface area (Å²) in [6.07, 6.45) is 21.4. The van der Waals surface area contributed by atoms with E-state index in [0.29, 0.717) is 0 Å². The molecule has 0 N–H and O–H groups in total. The van der Waals surface area contributed by atoms with Crippen LogP contribution in [0.4, 0.5) is 0 Å². The second-order valence-electron chi connectivity index (χ2n) is 17.5. The van der Waals surface area contributed by atoms with Crippen molar-refractivity contribution in [1.82, 2.24) is 0 Å². The van der Waals surface area contributed by atoms with Crippen LogP contribution in [0.2, 0.25) is 0 Å². The lowest BCUT2D eigenvalue weighted by atomic mass is 9.64. The molecule has 0 nitrogen and oxygen atoms in total. The smallest absolute Gasteiger partial charge is 0.0718 e. The van der Waals surface area contributed by atoms with Crippen molar-refractivity contribution in [2.45, 2.75) is 86.0 Å². The van der Waals surface area contributed by atoms with Crippen molar-refractivity contribution in [2.24, 2.45) is 0 Å². The van der Waals surface area contributed by atoms with Gasteiger partial charge in [-0.15, -0.1) is 12.6 Å². The van der Waals surface area contributed by atoms with Gasteiger partial charge in [-0.3, -0.25) is 0 Å². The molecule has 1 heteroatoms. The molecule has 0 bridgehead atoms. The highest BCUT2D eigenvalue weighted by Gasteiger charge is 2.47. The molecule has 344 valence electrons. The van der Waals surface area contributed by atoms with E-state index in [4.69, 9.17) is 0 Å². The molecule has 0 fully saturated rings. The highest BCUT2D eigenvalue weighted by atomic mass is 32.1. The number of hydrogen-bond acceptors (Lipinski definition) is 1. The van der Waals surface area contributed by atoms with Gasteiger partial charge in [0.05, 0.1) is 5.41 Å². The van der Waals surface area contributed by atoms with Gasteiger partial charge in [-0.05, 0) is 130 Å². The average molecular weight is 907 g/mol. The first-order valence-corrected chi connectivity index (χ1v) is 25.0. The molecule has 0 radical (unpaired) electrons. The quantitative estimate of drug-likeness (QED) is 0.130. The Morgan fingerprint density at radius 1 is 0.574 bits per heavy atom. The predicted molar refractivity (Wildman–Crippen MR) is 303 cm³/mol. The Labute approximate surface area is 415 Å². The van der Waals surface area contributed by atoms with E-state index in [0.717, 1.165) is 11.3 Å². The van der Waals surface area contributed by atoms with Gasteiger partial charge in [0.1, 0.15) is 0 Å². The number of rotatable bonds is 10. The largest absolute Gasteiger partial charge is 0.143 e. The molecule has 0 spiro atoms. The van der Waals surface area contributed by atoms with Crippen LogP contribution in [0, 0.1) is 20.8 Å². The van der Waals surface area contributed by atoms with Crippen molar-refractivity contribution in [3.05, 3.63) is 281 Å². The maximum Gasteiger partial charge on any atom is 0.0718 e. The zero-order valence-electron chi connectivity index (χ0n) is 41.5. The third kappa shape index (κ3) is 12.1. The average Bonchev–Trinajstić information content (AvgIpc) is 3.67. The maximum atomic E-state index is 4.48. The van der Waals surface area contributed by atoms with E-state index < -0.39 is 5.41 Å². The number of allylic oxidation sites excluding steroid dienone is 10. The summed E-state index contributed by atoms with van der Waals surface area (Å²) in [5, 5.41) is 0. The SMILES string of the molecule is C1=CC(c2ccccc2)=CCC1.C=CC1=C(/C=C\C)c2ccccc2C1(c1ccccc1C)c1ccc(-c2cccc(C)c2)cc1C.CC/C=C(\S)c1ccc(-c2ccccc2)cc1.CCCC. The van der Waals surface area contributed by atoms with Crippen LogP contribution in [0.3, 0.4) is 0 Å². The number of thiol groups is 1. The normalized spacial score (nSPS) is 14.9. The molecular formula is C67H70S. The number of aryl methyl sites for hydroxylation is 3. The van der Waals surface area contributed by atoms with Gasteiger partial charge in [-0.25, -0.2) is 0 Å². The van der Waals surface area contributed by atoms with Crippen LogP contribution in [0.15, 0.2) is 231 Å². The summed E-state index contributed by atoms with van der Waals surface area (Å²) in [6, 6.07) is 62.9. The van der Waals surface area contributed by atoms with Crippen molar-refractivity contribution in [3.63, 3.8) is 0 Å². The lowest BCUT2D eigenvalue weighted by Crippen LogP contribution is -2.31. The fourth-order valence-electron chi connectivity index (χ4n) is 9.19. The Morgan fingerprint density at radius 2 is 1.15 bits per heavy atom. The molecule has 9 rings (SSSR count). The summed E-state index contributed by atoms with van der Waals surface area (Å²) < 4.78 is 0. The van der Waals surface area contributed by atoms with Crippen molar-refractivity contribution < 1.29 is 0 Å². The summed E-state index contributed by atoms with van der Waals surface area (Å²) in [4.78, 5) is 1.05. The van der Waals surface area contributed by atoms with Crippen molar-refractivity contribution >= 4 is 28.7 Å². The van der Waals surface area contributed by atoms with Crippen LogP contribution in [-0.2, 0) is 5.41 Å². The first-order valence-electron chi connectivity index (χ1n) is 24.5. The van der Waals surface area contributed by atoms with Gasteiger partial charge in [-0.1, -0.05) is 264 Å². The molecule has 68 heavy (non-hydrogen) atoms. The number of hydrogen-bond donors (Lipinski definition) is 1. The van der Waals surface area contributed by atoms with Crippen LogP contribution in [0.1, 0.15) is 110 Å². The summed E-state index contributed by atoms with van der Waals surface area (Å²) in [5.74, 6) is 0. The van der Waals surface area contributed by atoms with E-state index in [1.165, 1.54) is 115 Å². The maximum absolute atomic E-state index is 4.48. The van der Waals surface area contributed by atoms with E-state index in [-0.39, 0.29) is 0 Å². The fourth-order valence-corrected chi connectivity index (χ4v) is 9.52. The van der Waals surface area contributed by atoms with Gasteiger partial charge >= 0.3 is 0 Å². The highest BCUT2D eigenvalue weighted by Crippen LogP contribution is 2.56. The van der Waals surface area contributed by atoms with Crippen LogP contribution in [0.5, 0.6) is 0 Å². The molecule has 2 aliphatic rings. The van der Waals surface area contributed by atoms with Crippen LogP contribution in [0.25, 0.3) is 38.3 Å². The fraction of sp³-hybridized carbons (Fsp3) is 0.194. The standard InChI is InChI=1S/C35H32.C16H16S.C12H12.C4H10/c1-6-13-29-30-17-9-11-19-34(30)35(31(29)7-2,32-18-10-8-15-25(32)4)33-21-20-28(23-26(33)5)27-16-12-14-24(3)22-27;1-2-6-16(17)15-11-9-14(10-12-15)13-7-4-3-5-8-13;1-3-7-11(8-4-1)12-9-5-2-6-10-12;1-3-4-2/h6-23H,2H2,1,3-5H3;3-12,17H,2H2,1H3;1,3-5,7-10H,2,6H2;3-4H2,1-2H3/b13-6-;16-6-;;. The minimum Gasteiger partial charge on any atom is -0.143 e. The molecule has 1 unspecified atom stereocenters. The van der Waals surface area contributed by atoms with Crippen molar-refractivity contribution in [1.29, 1.82) is 0 Å². The van der Waals surface area contributed by atoms with Gasteiger partial charge in [0, 0.05) is 4.91 Å². The van der Waals surface area contributed by atoms with E-state index >= 15 is 0 Å². The molecule has 7 aromatic carbocycles. The monoisotopic (exact) mass is 907 g/mol. The van der Waals surface area contributed by atoms with Gasteiger partial charge in [-0.2, -0.15) is 0 Å². The zero-order chi connectivity index (χ0) is 48.3. The Hall–Kier alpha value is -6.67. The molecule has 0 saturated heterocycles. The minimum absolute atomic E-state index is 0.423. The molecule has 0 saturated carbocycles. The third-order valence-corrected chi connectivity index (χ3v) is 13.1. The number of benzene rings is 7. The second-order valence-corrected chi connectivity index (χ2v) is 18.0. The predicted octanol–water partition coefficient (Wildman–Crippen LogP) is 19.4. The minimum atomic E-state index is -0.423. The molecular weight excluding hydrogens is 837 g/mol. The van der Waals surface area contributed by atoms with Gasteiger partial charge in [0.25, 0.3) is 0 Å². The Morgan fingerprint density at radius 3 is 1.74 bits per heavy atom. The summed E-state index contributed by atoms with van der Waals surface area (Å²) in [6.45, 7) is 19.5. The van der Waals surface area contributed by atoms with Crippen LogP contribution in [-0.4, -0.2) is 0 Å². The summed E-state index contributed by atoms with van der Waals surface area (Å²) in [5.41, 5.74) is 20.0. The summed E-state index contributed by atoms with van der Waals surface area (Å²) in [7, 11) is 0. The Bertz CT molecular complexity index is 2880. The van der Waals surface area contributed by atoms with Gasteiger partial charge in [0.15, 0.2) is 0 Å². The lowest BCUT2D eigenvalue weighted by Gasteiger charge is -2.37. The molecule has 2 aliphatic carbocycles. The molecule has 0 aromatic heterocycles.